The van der Waals surface area contributed by atoms with Gasteiger partial charge in [-0.1, -0.05) is 11.6 Å². The molecule has 0 spiro atoms. The summed E-state index contributed by atoms with van der Waals surface area (Å²) in [5.74, 6) is 0.818. The lowest BCUT2D eigenvalue weighted by molar-refractivity contribution is 0.0955. The number of carbonyl (C=O) groups is 1. The average molecular weight is 403 g/mol. The van der Waals surface area contributed by atoms with Crippen LogP contribution in [0.4, 0.5) is 0 Å². The minimum Gasteiger partial charge on any atom is -0.493 e. The number of amides is 1. The minimum absolute atomic E-state index is 0.316. The maximum absolute atomic E-state index is 11.9. The summed E-state index contributed by atoms with van der Waals surface area (Å²) in [6, 6.07) is 8.55. The van der Waals surface area contributed by atoms with Gasteiger partial charge in [0.05, 0.1) is 18.2 Å². The van der Waals surface area contributed by atoms with Gasteiger partial charge in [-0.2, -0.15) is 5.10 Å². The number of hydrazone groups is 1. The van der Waals surface area contributed by atoms with E-state index in [0.29, 0.717) is 28.1 Å². The number of methoxy groups -OCH3 is 1. The molecule has 0 aliphatic heterocycles. The van der Waals surface area contributed by atoms with E-state index < -0.39 is 0 Å². The quantitative estimate of drug-likeness (QED) is 0.482. The summed E-state index contributed by atoms with van der Waals surface area (Å²) in [7, 11) is 1.55. The zero-order valence-electron chi connectivity index (χ0n) is 14.3. The third-order valence-electron chi connectivity index (χ3n) is 3.41. The Morgan fingerprint density at radius 3 is 2.81 bits per heavy atom. The van der Waals surface area contributed by atoms with Gasteiger partial charge in [-0.05, 0) is 35.9 Å². The highest BCUT2D eigenvalue weighted by molar-refractivity contribution is 7.15. The highest BCUT2D eigenvalue weighted by Crippen LogP contribution is 2.29. The van der Waals surface area contributed by atoms with E-state index in [1.807, 2.05) is 0 Å². The van der Waals surface area contributed by atoms with Crippen molar-refractivity contribution in [1.29, 1.82) is 0 Å². The molecule has 27 heavy (non-hydrogen) atoms. The van der Waals surface area contributed by atoms with E-state index in [0.717, 1.165) is 10.4 Å². The number of aromatic nitrogens is 2. The molecule has 0 saturated carbocycles. The molecular formula is C18H15ClN4O3S. The van der Waals surface area contributed by atoms with Crippen LogP contribution in [0.2, 0.25) is 4.47 Å². The summed E-state index contributed by atoms with van der Waals surface area (Å²) in [6.07, 6.45) is 6.28. The zero-order chi connectivity index (χ0) is 19.1. The third-order valence-corrected chi connectivity index (χ3v) is 4.49. The van der Waals surface area contributed by atoms with Crippen LogP contribution in [0.3, 0.4) is 0 Å². The van der Waals surface area contributed by atoms with Crippen LogP contribution in [0, 0.1) is 0 Å². The molecule has 2 aromatic heterocycles. The predicted molar refractivity (Wildman–Crippen MR) is 104 cm³/mol. The smallest absolute Gasteiger partial charge is 0.271 e. The van der Waals surface area contributed by atoms with Crippen molar-refractivity contribution in [3.63, 3.8) is 0 Å². The Bertz CT molecular complexity index is 947. The second kappa shape index (κ2) is 9.11. The summed E-state index contributed by atoms with van der Waals surface area (Å²) in [4.78, 5) is 20.7. The largest absolute Gasteiger partial charge is 0.493 e. The molecule has 0 aliphatic rings. The minimum atomic E-state index is -0.316. The van der Waals surface area contributed by atoms with E-state index in [4.69, 9.17) is 21.1 Å². The SMILES string of the molecule is COc1cc(C=NNC(=O)c2ccncc2)ccc1OCc1cnc(Cl)s1. The van der Waals surface area contributed by atoms with Crippen molar-refractivity contribution in [2.24, 2.45) is 5.10 Å². The van der Waals surface area contributed by atoms with Gasteiger partial charge < -0.3 is 9.47 Å². The van der Waals surface area contributed by atoms with Crippen LogP contribution in [0.5, 0.6) is 11.5 Å². The first kappa shape index (κ1) is 18.8. The van der Waals surface area contributed by atoms with Crippen LogP contribution in [0.15, 0.2) is 54.0 Å². The van der Waals surface area contributed by atoms with Crippen LogP contribution in [0.25, 0.3) is 0 Å². The van der Waals surface area contributed by atoms with Crippen LogP contribution in [-0.2, 0) is 6.61 Å². The van der Waals surface area contributed by atoms with Gasteiger partial charge >= 0.3 is 0 Å². The standard InChI is InChI=1S/C18H15ClN4O3S/c1-25-16-8-12(9-22-23-17(24)13-4-6-20-7-5-13)2-3-15(16)26-11-14-10-21-18(19)27-14/h2-10H,11H2,1H3,(H,23,24). The van der Waals surface area contributed by atoms with E-state index >= 15 is 0 Å². The molecule has 138 valence electrons. The van der Waals surface area contributed by atoms with E-state index in [1.54, 1.807) is 56.0 Å². The highest BCUT2D eigenvalue weighted by atomic mass is 35.5. The molecule has 0 fully saturated rings. The number of thiazole rings is 1. The Balaban J connectivity index is 1.62. The molecule has 3 aromatic rings. The fourth-order valence-corrected chi connectivity index (χ4v) is 3.01. The van der Waals surface area contributed by atoms with Crippen LogP contribution >= 0.6 is 22.9 Å². The number of hydrogen-bond donors (Lipinski definition) is 1. The molecule has 0 atom stereocenters. The second-order valence-electron chi connectivity index (χ2n) is 5.21. The highest BCUT2D eigenvalue weighted by Gasteiger charge is 2.07. The number of hydrogen-bond acceptors (Lipinski definition) is 7. The molecule has 9 heteroatoms. The van der Waals surface area contributed by atoms with E-state index in [2.05, 4.69) is 20.5 Å². The lowest BCUT2D eigenvalue weighted by Gasteiger charge is -2.10. The number of benzene rings is 1. The number of rotatable bonds is 7. The number of carbonyl (C=O) groups excluding carboxylic acids is 1. The van der Waals surface area contributed by atoms with E-state index in [1.165, 1.54) is 17.6 Å². The third kappa shape index (κ3) is 5.25. The fourth-order valence-electron chi connectivity index (χ4n) is 2.12. The maximum Gasteiger partial charge on any atom is 0.271 e. The van der Waals surface area contributed by atoms with Crippen molar-refractivity contribution in [1.82, 2.24) is 15.4 Å². The Labute approximate surface area is 164 Å². The Morgan fingerprint density at radius 1 is 1.30 bits per heavy atom. The molecule has 3 rings (SSSR count). The fraction of sp³-hybridized carbons (Fsp3) is 0.111. The molecule has 1 aromatic carbocycles. The van der Waals surface area contributed by atoms with E-state index in [-0.39, 0.29) is 5.91 Å². The zero-order valence-corrected chi connectivity index (χ0v) is 15.8. The molecule has 2 heterocycles. The van der Waals surface area contributed by atoms with Gasteiger partial charge in [0.15, 0.2) is 16.0 Å². The van der Waals surface area contributed by atoms with Crippen LogP contribution in [0.1, 0.15) is 20.8 Å². The summed E-state index contributed by atoms with van der Waals surface area (Å²) >= 11 is 7.17. The van der Waals surface area contributed by atoms with Gasteiger partial charge in [0.2, 0.25) is 0 Å². The van der Waals surface area contributed by atoms with Gasteiger partial charge in [0.1, 0.15) is 6.61 Å². The van der Waals surface area contributed by atoms with Crippen molar-refractivity contribution < 1.29 is 14.3 Å². The van der Waals surface area contributed by atoms with Gasteiger partial charge in [-0.15, -0.1) is 11.3 Å². The first-order chi connectivity index (χ1) is 13.2. The van der Waals surface area contributed by atoms with Crippen LogP contribution < -0.4 is 14.9 Å². The topological polar surface area (TPSA) is 85.7 Å². The van der Waals surface area contributed by atoms with Crippen molar-refractivity contribution in [2.45, 2.75) is 6.61 Å². The summed E-state index contributed by atoms with van der Waals surface area (Å²) < 4.78 is 11.6. The van der Waals surface area contributed by atoms with Crippen molar-refractivity contribution in [2.75, 3.05) is 7.11 Å². The van der Waals surface area contributed by atoms with Crippen molar-refractivity contribution in [3.8, 4) is 11.5 Å². The van der Waals surface area contributed by atoms with Gasteiger partial charge in [-0.3, -0.25) is 9.78 Å². The van der Waals surface area contributed by atoms with Crippen molar-refractivity contribution in [3.05, 3.63) is 69.4 Å². The number of nitrogens with one attached hydrogen (secondary N) is 1. The number of halogens is 1. The molecule has 0 bridgehead atoms. The van der Waals surface area contributed by atoms with Crippen molar-refractivity contribution >= 4 is 35.1 Å². The average Bonchev–Trinajstić information content (AvgIpc) is 3.12. The lowest BCUT2D eigenvalue weighted by Crippen LogP contribution is -2.17. The Morgan fingerprint density at radius 2 is 2.11 bits per heavy atom. The normalized spacial score (nSPS) is 10.7. The van der Waals surface area contributed by atoms with E-state index in [9.17, 15) is 4.79 Å². The molecule has 0 saturated heterocycles. The first-order valence-corrected chi connectivity index (χ1v) is 8.99. The molecule has 0 aliphatic carbocycles. The molecule has 1 amide bonds. The first-order valence-electron chi connectivity index (χ1n) is 7.80. The predicted octanol–water partition coefficient (Wildman–Crippen LogP) is 3.54. The lowest BCUT2D eigenvalue weighted by atomic mass is 10.2. The van der Waals surface area contributed by atoms with Gasteiger partial charge in [0, 0.05) is 24.2 Å². The summed E-state index contributed by atoms with van der Waals surface area (Å²) in [5, 5.41) is 3.96. The van der Waals surface area contributed by atoms with Gasteiger partial charge in [0.25, 0.3) is 5.91 Å². The monoisotopic (exact) mass is 402 g/mol. The number of ether oxygens (including phenoxy) is 2. The molecular weight excluding hydrogens is 388 g/mol. The number of nitrogens with zero attached hydrogens (tertiary/aromatic N) is 3. The molecule has 1 N–H and O–H groups in total. The van der Waals surface area contributed by atoms with Gasteiger partial charge in [-0.25, -0.2) is 10.4 Å². The molecule has 7 nitrogen and oxygen atoms in total. The Kier molecular flexibility index (Phi) is 6.35. The molecule has 0 unspecified atom stereocenters. The summed E-state index contributed by atoms with van der Waals surface area (Å²) in [5.41, 5.74) is 3.68. The maximum atomic E-state index is 11.9. The van der Waals surface area contributed by atoms with Crippen LogP contribution in [-0.4, -0.2) is 29.2 Å². The molecule has 0 radical (unpaired) electrons. The second-order valence-corrected chi connectivity index (χ2v) is 6.91. The Hall–Kier alpha value is -2.97. The summed E-state index contributed by atoms with van der Waals surface area (Å²) in [6.45, 7) is 0.343. The number of pyridine rings is 1.